The van der Waals surface area contributed by atoms with Crippen LogP contribution >= 0.6 is 15.9 Å². The molecule has 1 heterocycles. The fourth-order valence-electron chi connectivity index (χ4n) is 2.60. The molecule has 0 atom stereocenters. The van der Waals surface area contributed by atoms with Crippen LogP contribution in [0.5, 0.6) is 11.5 Å². The van der Waals surface area contributed by atoms with Crippen LogP contribution in [0.25, 0.3) is 6.08 Å². The molecule has 138 valence electrons. The van der Waals surface area contributed by atoms with Crippen LogP contribution in [0, 0.1) is 10.1 Å². The van der Waals surface area contributed by atoms with Crippen LogP contribution < -0.4 is 9.75 Å². The molecule has 0 saturated heterocycles. The van der Waals surface area contributed by atoms with Crippen molar-refractivity contribution in [3.05, 3.63) is 62.1 Å². The summed E-state index contributed by atoms with van der Waals surface area (Å²) in [6.07, 6.45) is 1.48. The summed E-state index contributed by atoms with van der Waals surface area (Å²) in [7, 11) is 1.29. The standard InChI is InChI=1S/C18H14BrN3O5/c1-10-14(18(24)21(20-10)13-5-3-12(19)4-6-13)7-11-8-15(22(25)26)17(23)16(9-11)27-2/h3-9,23H,1-2H3. The van der Waals surface area contributed by atoms with Crippen LogP contribution in [-0.2, 0) is 4.79 Å². The molecule has 0 fully saturated rings. The third kappa shape index (κ3) is 3.54. The number of hydrogen-bond acceptors (Lipinski definition) is 6. The lowest BCUT2D eigenvalue weighted by atomic mass is 10.1. The number of halogens is 1. The lowest BCUT2D eigenvalue weighted by molar-refractivity contribution is -0.386. The number of aromatic hydroxyl groups is 1. The Kier molecular flexibility index (Phi) is 4.95. The molecule has 1 aliphatic heterocycles. The van der Waals surface area contributed by atoms with Gasteiger partial charge in [0, 0.05) is 10.5 Å². The van der Waals surface area contributed by atoms with Gasteiger partial charge < -0.3 is 9.84 Å². The third-order valence-electron chi connectivity index (χ3n) is 3.94. The van der Waals surface area contributed by atoms with Crippen molar-refractivity contribution < 1.29 is 19.6 Å². The van der Waals surface area contributed by atoms with Crippen LogP contribution in [0.2, 0.25) is 0 Å². The van der Waals surface area contributed by atoms with Crippen molar-refractivity contribution in [2.45, 2.75) is 6.92 Å². The zero-order valence-electron chi connectivity index (χ0n) is 14.3. The van der Waals surface area contributed by atoms with Crippen molar-refractivity contribution in [3.8, 4) is 11.5 Å². The van der Waals surface area contributed by atoms with E-state index in [1.807, 2.05) is 0 Å². The van der Waals surface area contributed by atoms with Gasteiger partial charge in [-0.25, -0.2) is 0 Å². The minimum absolute atomic E-state index is 0.0548. The molecule has 9 heteroatoms. The van der Waals surface area contributed by atoms with Gasteiger partial charge in [0.2, 0.25) is 5.75 Å². The van der Waals surface area contributed by atoms with Crippen molar-refractivity contribution >= 4 is 45.0 Å². The SMILES string of the molecule is COc1cc(C=C2C(=O)N(c3ccc(Br)cc3)N=C2C)cc([N+](=O)[O-])c1O. The topological polar surface area (TPSA) is 105 Å². The number of methoxy groups -OCH3 is 1. The first kappa shape index (κ1) is 18.6. The minimum atomic E-state index is -0.717. The molecule has 0 radical (unpaired) electrons. The predicted octanol–water partition coefficient (Wildman–Crippen LogP) is 3.88. The maximum Gasteiger partial charge on any atom is 0.315 e. The van der Waals surface area contributed by atoms with E-state index in [1.54, 1.807) is 31.2 Å². The number of benzene rings is 2. The normalized spacial score (nSPS) is 15.2. The largest absolute Gasteiger partial charge is 0.500 e. The molecule has 1 aliphatic rings. The van der Waals surface area contributed by atoms with Crippen LogP contribution in [-0.4, -0.2) is 28.8 Å². The maximum atomic E-state index is 12.8. The molecule has 2 aromatic rings. The molecule has 0 spiro atoms. The van der Waals surface area contributed by atoms with Gasteiger partial charge in [-0.15, -0.1) is 0 Å². The second-order valence-electron chi connectivity index (χ2n) is 5.68. The van der Waals surface area contributed by atoms with E-state index in [4.69, 9.17) is 4.74 Å². The Bertz CT molecular complexity index is 999. The van der Waals surface area contributed by atoms with Crippen molar-refractivity contribution in [1.29, 1.82) is 0 Å². The van der Waals surface area contributed by atoms with E-state index in [9.17, 15) is 20.0 Å². The van der Waals surface area contributed by atoms with Crippen molar-refractivity contribution in [2.75, 3.05) is 12.1 Å². The summed E-state index contributed by atoms with van der Waals surface area (Å²) in [5.41, 5.74) is 1.19. The van der Waals surface area contributed by atoms with E-state index in [-0.39, 0.29) is 11.7 Å². The van der Waals surface area contributed by atoms with Crippen molar-refractivity contribution in [1.82, 2.24) is 0 Å². The molecule has 0 bridgehead atoms. The number of hydrogen-bond donors (Lipinski definition) is 1. The molecule has 1 N–H and O–H groups in total. The summed E-state index contributed by atoms with van der Waals surface area (Å²) in [6.45, 7) is 1.68. The summed E-state index contributed by atoms with van der Waals surface area (Å²) in [4.78, 5) is 23.2. The predicted molar refractivity (Wildman–Crippen MR) is 104 cm³/mol. The Balaban J connectivity index is 2.02. The average Bonchev–Trinajstić information content (AvgIpc) is 2.91. The van der Waals surface area contributed by atoms with Gasteiger partial charge in [0.1, 0.15) is 0 Å². The van der Waals surface area contributed by atoms with Crippen molar-refractivity contribution in [3.63, 3.8) is 0 Å². The first-order valence-corrected chi connectivity index (χ1v) is 8.54. The lowest BCUT2D eigenvalue weighted by Crippen LogP contribution is -2.21. The van der Waals surface area contributed by atoms with Crippen LogP contribution in [0.3, 0.4) is 0 Å². The molecule has 8 nitrogen and oxygen atoms in total. The maximum absolute atomic E-state index is 12.8. The van der Waals surface area contributed by atoms with E-state index in [0.717, 1.165) is 4.47 Å². The van der Waals surface area contributed by atoms with E-state index in [0.29, 0.717) is 22.5 Å². The van der Waals surface area contributed by atoms with Crippen LogP contribution in [0.15, 0.2) is 51.5 Å². The summed E-state index contributed by atoms with van der Waals surface area (Å²) in [5.74, 6) is -0.977. The number of nitrogens with zero attached hydrogens (tertiary/aromatic N) is 3. The molecule has 0 aromatic heterocycles. The zero-order valence-corrected chi connectivity index (χ0v) is 15.9. The highest BCUT2D eigenvalue weighted by atomic mass is 79.9. The van der Waals surface area contributed by atoms with Crippen LogP contribution in [0.1, 0.15) is 12.5 Å². The molecule has 27 heavy (non-hydrogen) atoms. The fraction of sp³-hybridized carbons (Fsp3) is 0.111. The van der Waals surface area contributed by atoms with E-state index < -0.39 is 16.4 Å². The summed E-state index contributed by atoms with van der Waals surface area (Å²) < 4.78 is 5.86. The first-order valence-electron chi connectivity index (χ1n) is 7.74. The molecule has 3 rings (SSSR count). The average molecular weight is 432 g/mol. The second kappa shape index (κ2) is 7.20. The Hall–Kier alpha value is -3.20. The Morgan fingerprint density at radius 3 is 2.56 bits per heavy atom. The van der Waals surface area contributed by atoms with Gasteiger partial charge in [-0.05, 0) is 48.9 Å². The monoisotopic (exact) mass is 431 g/mol. The van der Waals surface area contributed by atoms with Gasteiger partial charge in [0.15, 0.2) is 5.75 Å². The Labute approximate surface area is 162 Å². The number of phenolic OH excluding ortho intramolecular Hbond substituents is 1. The number of nitro benzene ring substituents is 1. The third-order valence-corrected chi connectivity index (χ3v) is 4.47. The smallest absolute Gasteiger partial charge is 0.315 e. The van der Waals surface area contributed by atoms with E-state index >= 15 is 0 Å². The lowest BCUT2D eigenvalue weighted by Gasteiger charge is -2.11. The highest BCUT2D eigenvalue weighted by Crippen LogP contribution is 2.38. The molecule has 1 amide bonds. The second-order valence-corrected chi connectivity index (χ2v) is 6.60. The van der Waals surface area contributed by atoms with Gasteiger partial charge in [-0.2, -0.15) is 10.1 Å². The zero-order chi connectivity index (χ0) is 19.7. The van der Waals surface area contributed by atoms with Gasteiger partial charge in [-0.3, -0.25) is 14.9 Å². The number of rotatable bonds is 4. The quantitative estimate of drug-likeness (QED) is 0.449. The highest BCUT2D eigenvalue weighted by Gasteiger charge is 2.29. The fourth-order valence-corrected chi connectivity index (χ4v) is 2.86. The highest BCUT2D eigenvalue weighted by molar-refractivity contribution is 9.10. The number of ether oxygens (including phenoxy) is 1. The molecular weight excluding hydrogens is 418 g/mol. The number of hydrazone groups is 1. The minimum Gasteiger partial charge on any atom is -0.500 e. The van der Waals surface area contributed by atoms with E-state index in [2.05, 4.69) is 21.0 Å². The molecule has 0 saturated carbocycles. The van der Waals surface area contributed by atoms with Crippen molar-refractivity contribution in [2.24, 2.45) is 5.10 Å². The number of amides is 1. The summed E-state index contributed by atoms with van der Waals surface area (Å²) >= 11 is 3.34. The van der Waals surface area contributed by atoms with E-state index in [1.165, 1.54) is 30.3 Å². The summed E-state index contributed by atoms with van der Waals surface area (Å²) in [6, 6.07) is 9.67. The van der Waals surface area contributed by atoms with Gasteiger partial charge in [0.05, 0.1) is 29.0 Å². The Morgan fingerprint density at radius 2 is 1.96 bits per heavy atom. The number of anilines is 1. The van der Waals surface area contributed by atoms with Gasteiger partial charge in [0.25, 0.3) is 5.91 Å². The number of nitro groups is 1. The molecule has 0 unspecified atom stereocenters. The van der Waals surface area contributed by atoms with Gasteiger partial charge in [-0.1, -0.05) is 15.9 Å². The molecule has 0 aliphatic carbocycles. The summed E-state index contributed by atoms with van der Waals surface area (Å²) in [5, 5.41) is 26.5. The number of phenols is 1. The Morgan fingerprint density at radius 1 is 1.30 bits per heavy atom. The molecular formula is C18H14BrN3O5. The first-order chi connectivity index (χ1) is 12.8. The number of carbonyl (C=O) groups is 1. The number of carbonyl (C=O) groups excluding carboxylic acids is 1. The molecule has 2 aromatic carbocycles. The van der Waals surface area contributed by atoms with Gasteiger partial charge >= 0.3 is 5.69 Å². The van der Waals surface area contributed by atoms with Crippen LogP contribution in [0.4, 0.5) is 11.4 Å².